The van der Waals surface area contributed by atoms with E-state index < -0.39 is 11.8 Å². The summed E-state index contributed by atoms with van der Waals surface area (Å²) in [5, 5.41) is 0. The van der Waals surface area contributed by atoms with Crippen molar-refractivity contribution in [1.29, 1.82) is 0 Å². The van der Waals surface area contributed by atoms with Crippen LogP contribution in [-0.2, 0) is 11.3 Å². The topological polar surface area (TPSA) is 52.3 Å². The summed E-state index contributed by atoms with van der Waals surface area (Å²) >= 11 is 0. The lowest BCUT2D eigenvalue weighted by atomic mass is 10.1. The van der Waals surface area contributed by atoms with Gasteiger partial charge in [-0.25, -0.2) is 9.18 Å². The van der Waals surface area contributed by atoms with Gasteiger partial charge in [0.1, 0.15) is 12.4 Å². The Hall–Kier alpha value is -2.36. The highest BCUT2D eigenvalue weighted by atomic mass is 19.1. The number of aryl methyl sites for hydroxylation is 2. The van der Waals surface area contributed by atoms with E-state index in [-0.39, 0.29) is 17.9 Å². The van der Waals surface area contributed by atoms with E-state index in [1.54, 1.807) is 0 Å². The molecule has 2 aromatic carbocycles. The lowest BCUT2D eigenvalue weighted by Crippen LogP contribution is -2.06. The second-order valence-corrected chi connectivity index (χ2v) is 4.81. The summed E-state index contributed by atoms with van der Waals surface area (Å²) in [7, 11) is 0. The van der Waals surface area contributed by atoms with Crippen molar-refractivity contribution in [1.82, 2.24) is 0 Å². The predicted octanol–water partition coefficient (Wildman–Crippen LogP) is 3.38. The zero-order chi connectivity index (χ0) is 14.7. The van der Waals surface area contributed by atoms with Crippen LogP contribution in [0.25, 0.3) is 0 Å². The molecule has 3 nitrogen and oxygen atoms in total. The number of hydrogen-bond donors (Lipinski definition) is 1. The number of nitrogens with two attached hydrogens (primary N) is 1. The van der Waals surface area contributed by atoms with Crippen LogP contribution in [0.5, 0.6) is 0 Å². The van der Waals surface area contributed by atoms with E-state index in [9.17, 15) is 9.18 Å². The molecule has 0 aliphatic heterocycles. The minimum absolute atomic E-state index is 0.0101. The van der Waals surface area contributed by atoms with Crippen molar-refractivity contribution >= 4 is 11.7 Å². The molecular formula is C16H16FNO2. The molecule has 2 rings (SSSR count). The van der Waals surface area contributed by atoms with Gasteiger partial charge >= 0.3 is 5.97 Å². The number of benzene rings is 2. The summed E-state index contributed by atoms with van der Waals surface area (Å²) in [6.07, 6.45) is 0. The monoisotopic (exact) mass is 273 g/mol. The molecule has 0 aliphatic carbocycles. The Labute approximate surface area is 117 Å². The van der Waals surface area contributed by atoms with Crippen LogP contribution in [0.15, 0.2) is 36.4 Å². The molecule has 2 N–H and O–H groups in total. The Balaban J connectivity index is 2.06. The maximum Gasteiger partial charge on any atom is 0.338 e. The van der Waals surface area contributed by atoms with Crippen LogP contribution >= 0.6 is 0 Å². The van der Waals surface area contributed by atoms with Crippen LogP contribution in [0.1, 0.15) is 27.0 Å². The van der Waals surface area contributed by atoms with Crippen molar-refractivity contribution in [2.24, 2.45) is 0 Å². The van der Waals surface area contributed by atoms with Crippen LogP contribution < -0.4 is 5.73 Å². The van der Waals surface area contributed by atoms with E-state index in [4.69, 9.17) is 10.5 Å². The third-order valence-electron chi connectivity index (χ3n) is 2.89. The number of esters is 1. The average molecular weight is 273 g/mol. The number of carbonyl (C=O) groups excluding carboxylic acids is 1. The number of rotatable bonds is 3. The third-order valence-corrected chi connectivity index (χ3v) is 2.89. The van der Waals surface area contributed by atoms with Crippen LogP contribution in [0.3, 0.4) is 0 Å². The van der Waals surface area contributed by atoms with Crippen molar-refractivity contribution in [2.45, 2.75) is 20.5 Å². The van der Waals surface area contributed by atoms with E-state index >= 15 is 0 Å². The summed E-state index contributed by atoms with van der Waals surface area (Å²) < 4.78 is 18.4. The molecule has 0 radical (unpaired) electrons. The zero-order valence-corrected chi connectivity index (χ0v) is 11.4. The smallest absolute Gasteiger partial charge is 0.338 e. The number of halogens is 1. The maximum atomic E-state index is 13.3. The summed E-state index contributed by atoms with van der Waals surface area (Å²) in [5.74, 6) is -1.19. The van der Waals surface area contributed by atoms with Gasteiger partial charge in [0.2, 0.25) is 0 Å². The van der Waals surface area contributed by atoms with Crippen LogP contribution in [-0.4, -0.2) is 5.97 Å². The van der Waals surface area contributed by atoms with E-state index in [2.05, 4.69) is 0 Å². The van der Waals surface area contributed by atoms with Crippen molar-refractivity contribution in [3.63, 3.8) is 0 Å². The molecule has 0 bridgehead atoms. The largest absolute Gasteiger partial charge is 0.457 e. The molecule has 104 valence electrons. The zero-order valence-electron chi connectivity index (χ0n) is 11.4. The molecule has 0 heterocycles. The maximum absolute atomic E-state index is 13.3. The van der Waals surface area contributed by atoms with Gasteiger partial charge in [-0.2, -0.15) is 0 Å². The van der Waals surface area contributed by atoms with Crippen LogP contribution in [0.4, 0.5) is 10.1 Å². The molecule has 0 atom stereocenters. The second kappa shape index (κ2) is 5.74. The van der Waals surface area contributed by atoms with Crippen molar-refractivity contribution in [2.75, 3.05) is 5.73 Å². The van der Waals surface area contributed by atoms with Gasteiger partial charge < -0.3 is 10.5 Å². The lowest BCUT2D eigenvalue weighted by Gasteiger charge is -2.07. The highest BCUT2D eigenvalue weighted by molar-refractivity contribution is 5.89. The SMILES string of the molecule is Cc1cc(C)cc(COC(=O)c2ccc(N)c(F)c2)c1. The van der Waals surface area contributed by atoms with Crippen molar-refractivity contribution in [3.05, 3.63) is 64.5 Å². The van der Waals surface area contributed by atoms with Gasteiger partial charge in [-0.05, 0) is 37.6 Å². The Morgan fingerprint density at radius 1 is 1.15 bits per heavy atom. The Morgan fingerprint density at radius 2 is 1.80 bits per heavy atom. The molecule has 0 saturated heterocycles. The molecule has 0 saturated carbocycles. The van der Waals surface area contributed by atoms with Crippen LogP contribution in [0.2, 0.25) is 0 Å². The second-order valence-electron chi connectivity index (χ2n) is 4.81. The normalized spacial score (nSPS) is 10.3. The Morgan fingerprint density at radius 3 is 2.40 bits per heavy atom. The number of hydrogen-bond acceptors (Lipinski definition) is 3. The number of anilines is 1. The molecule has 0 aromatic heterocycles. The van der Waals surface area contributed by atoms with Gasteiger partial charge in [0.25, 0.3) is 0 Å². The summed E-state index contributed by atoms with van der Waals surface area (Å²) in [4.78, 5) is 11.8. The van der Waals surface area contributed by atoms with E-state index in [0.717, 1.165) is 22.8 Å². The first kappa shape index (κ1) is 14.1. The summed E-state index contributed by atoms with van der Waals surface area (Å²) in [5.41, 5.74) is 8.65. The molecule has 0 aliphatic rings. The van der Waals surface area contributed by atoms with Gasteiger partial charge in [0, 0.05) is 0 Å². The van der Waals surface area contributed by atoms with E-state index in [0.29, 0.717) is 0 Å². The molecule has 20 heavy (non-hydrogen) atoms. The number of nitrogen functional groups attached to an aromatic ring is 1. The average Bonchev–Trinajstić information content (AvgIpc) is 2.38. The van der Waals surface area contributed by atoms with Gasteiger partial charge in [-0.15, -0.1) is 0 Å². The standard InChI is InChI=1S/C16H16FNO2/c1-10-5-11(2)7-12(6-10)9-20-16(19)13-3-4-15(18)14(17)8-13/h3-8H,9,18H2,1-2H3. The van der Waals surface area contributed by atoms with Crippen LogP contribution in [0, 0.1) is 19.7 Å². The molecule has 0 amide bonds. The molecule has 4 heteroatoms. The quantitative estimate of drug-likeness (QED) is 0.689. The fraction of sp³-hybridized carbons (Fsp3) is 0.188. The number of ether oxygens (including phenoxy) is 1. The summed E-state index contributed by atoms with van der Waals surface area (Å²) in [6.45, 7) is 4.12. The molecule has 0 fully saturated rings. The first-order valence-corrected chi connectivity index (χ1v) is 6.25. The minimum atomic E-state index is -0.620. The van der Waals surface area contributed by atoms with E-state index in [1.807, 2.05) is 32.0 Å². The first-order valence-electron chi connectivity index (χ1n) is 6.25. The molecular weight excluding hydrogens is 257 g/mol. The fourth-order valence-corrected chi connectivity index (χ4v) is 2.04. The third kappa shape index (κ3) is 3.35. The van der Waals surface area contributed by atoms with Gasteiger partial charge in [0.05, 0.1) is 11.3 Å². The minimum Gasteiger partial charge on any atom is -0.457 e. The molecule has 2 aromatic rings. The number of carbonyl (C=O) groups is 1. The summed E-state index contributed by atoms with van der Waals surface area (Å²) in [6, 6.07) is 9.82. The van der Waals surface area contributed by atoms with Crippen molar-refractivity contribution in [3.8, 4) is 0 Å². The predicted molar refractivity (Wildman–Crippen MR) is 75.8 cm³/mol. The highest BCUT2D eigenvalue weighted by Gasteiger charge is 2.10. The Bertz CT molecular complexity index is 633. The van der Waals surface area contributed by atoms with Gasteiger partial charge in [-0.1, -0.05) is 29.3 Å². The van der Waals surface area contributed by atoms with Gasteiger partial charge in [0.15, 0.2) is 0 Å². The lowest BCUT2D eigenvalue weighted by molar-refractivity contribution is 0.0472. The first-order chi connectivity index (χ1) is 9.45. The highest BCUT2D eigenvalue weighted by Crippen LogP contribution is 2.14. The molecule has 0 spiro atoms. The van der Waals surface area contributed by atoms with Crippen molar-refractivity contribution < 1.29 is 13.9 Å². The van der Waals surface area contributed by atoms with E-state index in [1.165, 1.54) is 12.1 Å². The Kier molecular flexibility index (Phi) is 4.03. The fourth-order valence-electron chi connectivity index (χ4n) is 2.04. The van der Waals surface area contributed by atoms with Gasteiger partial charge in [-0.3, -0.25) is 0 Å². The molecule has 0 unspecified atom stereocenters.